The molecular weight excluding hydrogens is 180 g/mol. The molecule has 0 spiro atoms. The van der Waals surface area contributed by atoms with Crippen LogP contribution in [-0.4, -0.2) is 67.3 Å². The van der Waals surface area contributed by atoms with Crippen molar-refractivity contribution >= 4 is 0 Å². The first-order valence-electron chi connectivity index (χ1n) is 3.98. The molecule has 0 aromatic rings. The van der Waals surface area contributed by atoms with Gasteiger partial charge >= 0.3 is 0 Å². The average Bonchev–Trinajstić information content (AvgIpc) is 2.12. The van der Waals surface area contributed by atoms with Crippen LogP contribution in [0, 0.1) is 0 Å². The molecule has 0 unspecified atom stereocenters. The van der Waals surface area contributed by atoms with E-state index in [1.165, 1.54) is 0 Å². The van der Waals surface area contributed by atoms with E-state index in [4.69, 9.17) is 20.4 Å². The molecule has 78 valence electrons. The fourth-order valence-corrected chi connectivity index (χ4v) is 1.49. The highest BCUT2D eigenvalue weighted by Crippen LogP contribution is 2.29. The molecule has 13 heavy (non-hydrogen) atoms. The Balaban J connectivity index is 2.82. The maximum Gasteiger partial charge on any atom is 0.119 e. The largest absolute Gasteiger partial charge is 0.393 e. The van der Waals surface area contributed by atoms with Gasteiger partial charge in [-0.1, -0.05) is 0 Å². The van der Waals surface area contributed by atoms with Crippen molar-refractivity contribution in [2.24, 2.45) is 0 Å². The molecule has 0 aromatic heterocycles. The van der Waals surface area contributed by atoms with Crippen LogP contribution in [0.25, 0.3) is 0 Å². The molecule has 6 heteroatoms. The Morgan fingerprint density at radius 2 is 1.62 bits per heavy atom. The Hall–Kier alpha value is -0.240. The van der Waals surface area contributed by atoms with E-state index in [1.54, 1.807) is 0 Å². The van der Waals surface area contributed by atoms with E-state index in [9.17, 15) is 10.2 Å². The van der Waals surface area contributed by atoms with Crippen LogP contribution in [0.3, 0.4) is 0 Å². The molecule has 1 saturated carbocycles. The zero-order chi connectivity index (χ0) is 10.2. The number of aliphatic hydroxyl groups is 6. The first-order chi connectivity index (χ1) is 5.92. The van der Waals surface area contributed by atoms with Gasteiger partial charge in [-0.25, -0.2) is 0 Å². The fourth-order valence-electron chi connectivity index (χ4n) is 1.49. The summed E-state index contributed by atoms with van der Waals surface area (Å²) in [5, 5.41) is 54.8. The Kier molecular flexibility index (Phi) is 2.91. The molecule has 0 saturated heterocycles. The highest BCUT2D eigenvalue weighted by molar-refractivity contribution is 5.01. The van der Waals surface area contributed by atoms with E-state index in [0.29, 0.717) is 0 Å². The van der Waals surface area contributed by atoms with Crippen molar-refractivity contribution < 1.29 is 30.6 Å². The summed E-state index contributed by atoms with van der Waals surface area (Å²) in [6.07, 6.45) is -6.53. The maximum atomic E-state index is 9.48. The van der Waals surface area contributed by atoms with Gasteiger partial charge in [-0.3, -0.25) is 0 Å². The molecule has 6 N–H and O–H groups in total. The zero-order valence-electron chi connectivity index (χ0n) is 6.91. The number of rotatable bonds is 1. The topological polar surface area (TPSA) is 121 Å². The third-order valence-electron chi connectivity index (χ3n) is 2.45. The van der Waals surface area contributed by atoms with Crippen molar-refractivity contribution in [3.8, 4) is 0 Å². The predicted molar refractivity (Wildman–Crippen MR) is 40.7 cm³/mol. The van der Waals surface area contributed by atoms with Crippen molar-refractivity contribution in [1.29, 1.82) is 0 Å². The molecule has 1 aliphatic rings. The van der Waals surface area contributed by atoms with E-state index < -0.39 is 36.6 Å². The molecule has 0 heterocycles. The Labute approximate surface area is 74.7 Å². The predicted octanol–water partition coefficient (Wildman–Crippen LogP) is -3.44. The SMILES string of the molecule is OC[C@@]1(O)C[C@@H](O)[C@H](O)[C@@H](O)[C@H]1O. The van der Waals surface area contributed by atoms with Crippen molar-refractivity contribution in [1.82, 2.24) is 0 Å². The van der Waals surface area contributed by atoms with Gasteiger partial charge < -0.3 is 30.6 Å². The summed E-state index contributed by atoms with van der Waals surface area (Å²) in [7, 11) is 0. The second-order valence-electron chi connectivity index (χ2n) is 3.46. The van der Waals surface area contributed by atoms with Crippen molar-refractivity contribution in [3.05, 3.63) is 0 Å². The summed E-state index contributed by atoms with van der Waals surface area (Å²) >= 11 is 0. The lowest BCUT2D eigenvalue weighted by Crippen LogP contribution is -2.64. The van der Waals surface area contributed by atoms with E-state index >= 15 is 0 Å². The average molecular weight is 194 g/mol. The summed E-state index contributed by atoms with van der Waals surface area (Å²) in [5.74, 6) is 0. The van der Waals surface area contributed by atoms with E-state index in [1.807, 2.05) is 0 Å². The second-order valence-corrected chi connectivity index (χ2v) is 3.46. The summed E-state index contributed by atoms with van der Waals surface area (Å²) in [5.41, 5.74) is -1.95. The van der Waals surface area contributed by atoms with Crippen LogP contribution < -0.4 is 0 Å². The van der Waals surface area contributed by atoms with Gasteiger partial charge in [0.1, 0.15) is 23.9 Å². The molecule has 1 fully saturated rings. The summed E-state index contributed by atoms with van der Waals surface area (Å²) in [6, 6.07) is 0. The molecule has 5 atom stereocenters. The van der Waals surface area contributed by atoms with Crippen LogP contribution in [0.15, 0.2) is 0 Å². The third-order valence-corrected chi connectivity index (χ3v) is 2.45. The van der Waals surface area contributed by atoms with Crippen molar-refractivity contribution in [3.63, 3.8) is 0 Å². The molecule has 1 rings (SSSR count). The lowest BCUT2D eigenvalue weighted by Gasteiger charge is -2.43. The van der Waals surface area contributed by atoms with Crippen LogP contribution in [0.5, 0.6) is 0 Å². The molecule has 0 aliphatic heterocycles. The molecular formula is C7H14O6. The number of hydrogen-bond acceptors (Lipinski definition) is 6. The van der Waals surface area contributed by atoms with E-state index in [0.717, 1.165) is 0 Å². The first kappa shape index (κ1) is 10.8. The van der Waals surface area contributed by atoms with Crippen LogP contribution in [-0.2, 0) is 0 Å². The molecule has 0 amide bonds. The smallest absolute Gasteiger partial charge is 0.119 e. The molecule has 1 aliphatic carbocycles. The summed E-state index contributed by atoms with van der Waals surface area (Å²) < 4.78 is 0. The molecule has 0 bridgehead atoms. The minimum Gasteiger partial charge on any atom is -0.393 e. The number of hydrogen-bond donors (Lipinski definition) is 6. The third kappa shape index (κ3) is 1.69. The Bertz CT molecular complexity index is 186. The van der Waals surface area contributed by atoms with Crippen LogP contribution in [0.4, 0.5) is 0 Å². The maximum absolute atomic E-state index is 9.48. The monoisotopic (exact) mass is 194 g/mol. The van der Waals surface area contributed by atoms with Crippen LogP contribution >= 0.6 is 0 Å². The quantitative estimate of drug-likeness (QED) is 0.258. The minimum absolute atomic E-state index is 0.372. The zero-order valence-corrected chi connectivity index (χ0v) is 6.91. The summed E-state index contributed by atoms with van der Waals surface area (Å²) in [4.78, 5) is 0. The van der Waals surface area contributed by atoms with Gasteiger partial charge in [-0.2, -0.15) is 0 Å². The van der Waals surface area contributed by atoms with Gasteiger partial charge in [0.2, 0.25) is 0 Å². The normalized spacial score (nSPS) is 52.2. The van der Waals surface area contributed by atoms with Gasteiger partial charge in [0.25, 0.3) is 0 Å². The lowest BCUT2D eigenvalue weighted by molar-refractivity contribution is -0.228. The number of aliphatic hydroxyl groups excluding tert-OH is 5. The highest BCUT2D eigenvalue weighted by Gasteiger charge is 2.50. The van der Waals surface area contributed by atoms with Crippen molar-refractivity contribution in [2.45, 2.75) is 36.4 Å². The Morgan fingerprint density at radius 3 is 2.08 bits per heavy atom. The molecule has 0 radical (unpaired) electrons. The minimum atomic E-state index is -1.95. The lowest BCUT2D eigenvalue weighted by atomic mass is 9.78. The van der Waals surface area contributed by atoms with Gasteiger partial charge in [0.05, 0.1) is 12.7 Å². The van der Waals surface area contributed by atoms with Gasteiger partial charge in [-0.15, -0.1) is 0 Å². The standard InChI is InChI=1S/C7H14O6/c8-2-7(13)1-3(9)4(10)5(11)6(7)12/h3-6,8-13H,1-2H2/t3-,4+,5-,6-,7+/m1/s1. The van der Waals surface area contributed by atoms with Gasteiger partial charge in [0, 0.05) is 6.42 Å². The van der Waals surface area contributed by atoms with E-state index in [2.05, 4.69) is 0 Å². The first-order valence-corrected chi connectivity index (χ1v) is 3.98. The molecule has 6 nitrogen and oxygen atoms in total. The van der Waals surface area contributed by atoms with Crippen LogP contribution in [0.1, 0.15) is 6.42 Å². The van der Waals surface area contributed by atoms with Gasteiger partial charge in [0.15, 0.2) is 0 Å². The summed E-state index contributed by atoms with van der Waals surface area (Å²) in [6.45, 7) is -0.783. The van der Waals surface area contributed by atoms with Crippen LogP contribution in [0.2, 0.25) is 0 Å². The van der Waals surface area contributed by atoms with Gasteiger partial charge in [-0.05, 0) is 0 Å². The highest BCUT2D eigenvalue weighted by atomic mass is 16.4. The second kappa shape index (κ2) is 3.49. The van der Waals surface area contributed by atoms with Crippen molar-refractivity contribution in [2.75, 3.05) is 6.61 Å². The van der Waals surface area contributed by atoms with E-state index in [-0.39, 0.29) is 6.42 Å². The molecule has 0 aromatic carbocycles. The fraction of sp³-hybridized carbons (Fsp3) is 1.00. The Morgan fingerprint density at radius 1 is 1.08 bits per heavy atom.